The van der Waals surface area contributed by atoms with E-state index in [2.05, 4.69) is 5.32 Å². The predicted molar refractivity (Wildman–Crippen MR) is 62.8 cm³/mol. The summed E-state index contributed by atoms with van der Waals surface area (Å²) in [5, 5.41) is 12.4. The Hall–Kier alpha value is -1.60. The summed E-state index contributed by atoms with van der Waals surface area (Å²) in [7, 11) is 0. The van der Waals surface area contributed by atoms with Crippen molar-refractivity contribution < 1.29 is 23.1 Å². The maximum Gasteiger partial charge on any atom is 0.416 e. The zero-order valence-corrected chi connectivity index (χ0v) is 10.3. The lowest BCUT2D eigenvalue weighted by atomic mass is 10.00. The average molecular weight is 276 g/mol. The molecule has 0 aromatic heterocycles. The number of rotatable bonds is 4. The van der Waals surface area contributed by atoms with Gasteiger partial charge >= 0.3 is 6.18 Å². The van der Waals surface area contributed by atoms with Gasteiger partial charge in [-0.2, -0.15) is 13.2 Å². The number of nitrogens with two attached hydrogens (primary N) is 1. The molecule has 19 heavy (non-hydrogen) atoms. The van der Waals surface area contributed by atoms with Crippen molar-refractivity contribution in [3.63, 3.8) is 0 Å². The molecule has 4 nitrogen and oxygen atoms in total. The fourth-order valence-electron chi connectivity index (χ4n) is 1.51. The van der Waals surface area contributed by atoms with E-state index in [1.54, 1.807) is 6.92 Å². The molecule has 106 valence electrons. The molecule has 1 rings (SSSR count). The highest BCUT2D eigenvalue weighted by Crippen LogP contribution is 2.31. The van der Waals surface area contributed by atoms with Gasteiger partial charge in [0.2, 0.25) is 5.91 Å². The van der Waals surface area contributed by atoms with Crippen molar-refractivity contribution >= 4 is 5.91 Å². The van der Waals surface area contributed by atoms with Crippen LogP contribution in [0.15, 0.2) is 24.3 Å². The maximum absolute atomic E-state index is 12.6. The predicted octanol–water partition coefficient (Wildman–Crippen LogP) is 1.34. The van der Waals surface area contributed by atoms with E-state index in [9.17, 15) is 23.1 Å². The first kappa shape index (κ1) is 15.5. The Bertz CT molecular complexity index is 463. The molecule has 1 aromatic carbocycles. The first-order valence-electron chi connectivity index (χ1n) is 5.64. The number of carbonyl (C=O) groups excluding carboxylic acids is 1. The molecule has 0 saturated carbocycles. The van der Waals surface area contributed by atoms with Crippen LogP contribution in [-0.4, -0.2) is 17.6 Å². The second kappa shape index (κ2) is 5.58. The Morgan fingerprint density at radius 1 is 1.37 bits per heavy atom. The lowest BCUT2D eigenvalue weighted by Crippen LogP contribution is -2.51. The summed E-state index contributed by atoms with van der Waals surface area (Å²) in [5.41, 5.74) is 2.33. The van der Waals surface area contributed by atoms with Crippen molar-refractivity contribution in [1.82, 2.24) is 5.32 Å². The smallest absolute Gasteiger partial charge is 0.366 e. The molecule has 0 unspecified atom stereocenters. The first-order valence-corrected chi connectivity index (χ1v) is 5.64. The highest BCUT2D eigenvalue weighted by Gasteiger charge is 2.34. The van der Waals surface area contributed by atoms with Crippen LogP contribution in [0.25, 0.3) is 0 Å². The Balaban J connectivity index is 3.15. The number of aliphatic hydroxyl groups is 1. The van der Waals surface area contributed by atoms with Crippen LogP contribution in [0.1, 0.15) is 24.5 Å². The van der Waals surface area contributed by atoms with Gasteiger partial charge in [-0.1, -0.05) is 19.1 Å². The van der Waals surface area contributed by atoms with Crippen molar-refractivity contribution in [2.45, 2.75) is 25.2 Å². The molecular weight excluding hydrogens is 261 g/mol. The minimum Gasteiger partial charge on any atom is -0.366 e. The summed E-state index contributed by atoms with van der Waals surface area (Å²) in [5.74, 6) is -0.509. The van der Waals surface area contributed by atoms with Gasteiger partial charge in [-0.25, -0.2) is 0 Å². The molecule has 1 atom stereocenters. The van der Waals surface area contributed by atoms with Gasteiger partial charge in [0, 0.05) is 18.5 Å². The molecule has 0 spiro atoms. The third-order valence-electron chi connectivity index (χ3n) is 2.63. The lowest BCUT2D eigenvalue weighted by molar-refractivity contribution is -0.137. The third kappa shape index (κ3) is 3.68. The van der Waals surface area contributed by atoms with Gasteiger partial charge in [0.15, 0.2) is 5.72 Å². The van der Waals surface area contributed by atoms with Crippen LogP contribution in [0.3, 0.4) is 0 Å². The second-order valence-electron chi connectivity index (χ2n) is 4.04. The topological polar surface area (TPSA) is 75.3 Å². The number of benzene rings is 1. The van der Waals surface area contributed by atoms with Gasteiger partial charge in [-0.05, 0) is 12.1 Å². The number of hydrogen-bond acceptors (Lipinski definition) is 3. The highest BCUT2D eigenvalue weighted by molar-refractivity contribution is 5.76. The number of nitrogens with one attached hydrogen (secondary N) is 1. The average Bonchev–Trinajstić information content (AvgIpc) is 2.37. The molecule has 4 N–H and O–H groups in total. The zero-order valence-electron chi connectivity index (χ0n) is 10.3. The minimum absolute atomic E-state index is 0.0846. The summed E-state index contributed by atoms with van der Waals surface area (Å²) < 4.78 is 37.8. The molecule has 0 fully saturated rings. The monoisotopic (exact) mass is 276 g/mol. The summed E-state index contributed by atoms with van der Waals surface area (Å²) in [4.78, 5) is 11.3. The fourth-order valence-corrected chi connectivity index (χ4v) is 1.51. The summed E-state index contributed by atoms with van der Waals surface area (Å²) in [6, 6.07) is 4.07. The van der Waals surface area contributed by atoms with E-state index in [-0.39, 0.29) is 12.0 Å². The number of halogens is 3. The van der Waals surface area contributed by atoms with E-state index in [4.69, 9.17) is 5.73 Å². The van der Waals surface area contributed by atoms with Crippen molar-refractivity contribution in [2.75, 3.05) is 6.54 Å². The molecule has 0 bridgehead atoms. The first-order chi connectivity index (χ1) is 8.73. The summed E-state index contributed by atoms with van der Waals surface area (Å²) in [6.45, 7) is 1.12. The van der Waals surface area contributed by atoms with Crippen LogP contribution in [-0.2, 0) is 16.7 Å². The molecule has 7 heteroatoms. The zero-order chi connectivity index (χ0) is 14.7. The van der Waals surface area contributed by atoms with Crippen LogP contribution in [0, 0.1) is 0 Å². The molecule has 1 amide bonds. The lowest BCUT2D eigenvalue weighted by Gasteiger charge is -2.28. The Labute approximate surface area is 108 Å². The van der Waals surface area contributed by atoms with Crippen LogP contribution >= 0.6 is 0 Å². The van der Waals surface area contributed by atoms with E-state index < -0.39 is 29.9 Å². The van der Waals surface area contributed by atoms with Crippen LogP contribution < -0.4 is 11.1 Å². The maximum atomic E-state index is 12.6. The van der Waals surface area contributed by atoms with E-state index in [1.807, 2.05) is 0 Å². The third-order valence-corrected chi connectivity index (χ3v) is 2.63. The fraction of sp³-hybridized carbons (Fsp3) is 0.417. The van der Waals surface area contributed by atoms with Crippen molar-refractivity contribution in [3.8, 4) is 0 Å². The van der Waals surface area contributed by atoms with Gasteiger partial charge in [0.1, 0.15) is 0 Å². The summed E-state index contributed by atoms with van der Waals surface area (Å²) in [6.07, 6.45) is -4.44. The Morgan fingerprint density at radius 3 is 2.42 bits per heavy atom. The highest BCUT2D eigenvalue weighted by atomic mass is 19.4. The SMILES string of the molecule is CCC(=O)N[C@](O)(CN)c1cccc(C(F)(F)F)c1. The van der Waals surface area contributed by atoms with E-state index in [0.29, 0.717) is 0 Å². The molecule has 0 saturated heterocycles. The standard InChI is InChI=1S/C12H15F3N2O2/c1-2-10(18)17-11(19,7-16)8-4-3-5-9(6-8)12(13,14)15/h3-6,19H,2,7,16H2,1H3,(H,17,18)/t11-/m0/s1. The molecule has 0 radical (unpaired) electrons. The van der Waals surface area contributed by atoms with Crippen LogP contribution in [0.2, 0.25) is 0 Å². The largest absolute Gasteiger partial charge is 0.416 e. The molecular formula is C12H15F3N2O2. The van der Waals surface area contributed by atoms with Gasteiger partial charge in [0.05, 0.1) is 5.56 Å². The quantitative estimate of drug-likeness (QED) is 0.726. The van der Waals surface area contributed by atoms with Gasteiger partial charge in [-0.3, -0.25) is 4.79 Å². The second-order valence-corrected chi connectivity index (χ2v) is 4.04. The number of amides is 1. The molecule has 0 aliphatic carbocycles. The van der Waals surface area contributed by atoms with Crippen molar-refractivity contribution in [3.05, 3.63) is 35.4 Å². The van der Waals surface area contributed by atoms with Crippen LogP contribution in [0.4, 0.5) is 13.2 Å². The van der Waals surface area contributed by atoms with Gasteiger partial charge < -0.3 is 16.2 Å². The van der Waals surface area contributed by atoms with Crippen molar-refractivity contribution in [2.24, 2.45) is 5.73 Å². The molecule has 0 aliphatic heterocycles. The number of hydrogen-bond donors (Lipinski definition) is 3. The van der Waals surface area contributed by atoms with Gasteiger partial charge in [-0.15, -0.1) is 0 Å². The van der Waals surface area contributed by atoms with E-state index in [1.165, 1.54) is 6.07 Å². The van der Waals surface area contributed by atoms with Gasteiger partial charge in [0.25, 0.3) is 0 Å². The Kier molecular flexibility index (Phi) is 4.54. The number of alkyl halides is 3. The van der Waals surface area contributed by atoms with Crippen LogP contribution in [0.5, 0.6) is 0 Å². The normalized spacial score (nSPS) is 14.8. The molecule has 0 aliphatic rings. The number of carbonyl (C=O) groups is 1. The van der Waals surface area contributed by atoms with E-state index in [0.717, 1.165) is 18.2 Å². The Morgan fingerprint density at radius 2 is 1.95 bits per heavy atom. The molecule has 0 heterocycles. The molecule has 1 aromatic rings. The minimum atomic E-state index is -4.53. The van der Waals surface area contributed by atoms with E-state index >= 15 is 0 Å². The summed E-state index contributed by atoms with van der Waals surface area (Å²) >= 11 is 0. The van der Waals surface area contributed by atoms with Crippen molar-refractivity contribution in [1.29, 1.82) is 0 Å².